The number of carbonyl (C=O) groups is 1. The summed E-state index contributed by atoms with van der Waals surface area (Å²) >= 11 is 1.57. The Hall–Kier alpha value is -2.01. The molecule has 2 aliphatic rings. The van der Waals surface area contributed by atoms with Crippen molar-refractivity contribution >= 4 is 17.7 Å². The van der Waals surface area contributed by atoms with Gasteiger partial charge in [-0.1, -0.05) is 24.3 Å². The van der Waals surface area contributed by atoms with Gasteiger partial charge in [-0.05, 0) is 48.8 Å². The van der Waals surface area contributed by atoms with Crippen LogP contribution in [0.5, 0.6) is 0 Å². The molecule has 1 aromatic carbocycles. The Bertz CT molecular complexity index is 905. The summed E-state index contributed by atoms with van der Waals surface area (Å²) in [5, 5.41) is 0. The van der Waals surface area contributed by atoms with Gasteiger partial charge in [0.05, 0.1) is 5.75 Å². The number of nitrogens with zero attached hydrogens (tertiary/aromatic N) is 2. The normalized spacial score (nSPS) is 21.4. The van der Waals surface area contributed by atoms with Crippen molar-refractivity contribution in [3.05, 3.63) is 58.0 Å². The number of benzene rings is 1. The van der Waals surface area contributed by atoms with Gasteiger partial charge in [0.2, 0.25) is 5.91 Å². The SMILES string of the molecule is CSCC(=O)N1CC2CC(C1)c1ccc(-c3ccccc3C)c(=O)n1C2. The second-order valence-corrected chi connectivity index (χ2v) is 8.30. The molecule has 0 radical (unpaired) electrons. The molecule has 2 aliphatic heterocycles. The zero-order valence-electron chi connectivity index (χ0n) is 15.3. The number of thioether (sulfide) groups is 1. The lowest BCUT2D eigenvalue weighted by Crippen LogP contribution is -2.49. The highest BCUT2D eigenvalue weighted by Gasteiger charge is 2.36. The van der Waals surface area contributed by atoms with Gasteiger partial charge in [-0.25, -0.2) is 0 Å². The number of likely N-dealkylation sites (tertiary alicyclic amines) is 1. The van der Waals surface area contributed by atoms with Crippen molar-refractivity contribution in [1.29, 1.82) is 0 Å². The second kappa shape index (κ2) is 6.95. The van der Waals surface area contributed by atoms with E-state index in [-0.39, 0.29) is 17.4 Å². The number of hydrogen-bond donors (Lipinski definition) is 0. The first-order valence-corrected chi connectivity index (χ1v) is 10.5. The van der Waals surface area contributed by atoms with E-state index < -0.39 is 0 Å². The van der Waals surface area contributed by atoms with Crippen molar-refractivity contribution in [2.75, 3.05) is 25.1 Å². The van der Waals surface area contributed by atoms with E-state index in [4.69, 9.17) is 0 Å². The third kappa shape index (κ3) is 2.98. The minimum atomic E-state index is 0.107. The first kappa shape index (κ1) is 17.4. The summed E-state index contributed by atoms with van der Waals surface area (Å²) < 4.78 is 1.97. The largest absolute Gasteiger partial charge is 0.341 e. The van der Waals surface area contributed by atoms with Gasteiger partial charge in [-0.3, -0.25) is 9.59 Å². The maximum absolute atomic E-state index is 13.2. The predicted octanol–water partition coefficient (Wildman–Crippen LogP) is 3.13. The quantitative estimate of drug-likeness (QED) is 0.836. The summed E-state index contributed by atoms with van der Waals surface area (Å²) in [5.41, 5.74) is 4.11. The van der Waals surface area contributed by atoms with Crippen LogP contribution in [-0.2, 0) is 11.3 Å². The summed E-state index contributed by atoms with van der Waals surface area (Å²) in [4.78, 5) is 27.5. The fraction of sp³-hybridized carbons (Fsp3) is 0.429. The Morgan fingerprint density at radius 2 is 1.92 bits per heavy atom. The number of piperidine rings is 1. The highest BCUT2D eigenvalue weighted by Crippen LogP contribution is 2.36. The number of hydrogen-bond acceptors (Lipinski definition) is 3. The van der Waals surface area contributed by atoms with Crippen molar-refractivity contribution < 1.29 is 4.79 Å². The van der Waals surface area contributed by atoms with Crippen molar-refractivity contribution in [2.24, 2.45) is 5.92 Å². The van der Waals surface area contributed by atoms with Gasteiger partial charge in [0.15, 0.2) is 0 Å². The molecule has 136 valence electrons. The molecule has 5 heteroatoms. The van der Waals surface area contributed by atoms with E-state index in [9.17, 15) is 9.59 Å². The van der Waals surface area contributed by atoms with Crippen LogP contribution in [0.25, 0.3) is 11.1 Å². The lowest BCUT2D eigenvalue weighted by molar-refractivity contribution is -0.131. The molecule has 1 aromatic heterocycles. The Balaban J connectivity index is 1.70. The van der Waals surface area contributed by atoms with Gasteiger partial charge in [0.25, 0.3) is 5.56 Å². The number of carbonyl (C=O) groups excluding carboxylic acids is 1. The van der Waals surface area contributed by atoms with E-state index in [1.54, 1.807) is 11.8 Å². The molecule has 4 nitrogen and oxygen atoms in total. The molecular formula is C21H24N2O2S. The number of fused-ring (bicyclic) bond motifs is 4. The van der Waals surface area contributed by atoms with Crippen LogP contribution < -0.4 is 5.56 Å². The summed E-state index contributed by atoms with van der Waals surface area (Å²) in [6, 6.07) is 12.1. The number of aryl methyl sites for hydroxylation is 1. The molecule has 26 heavy (non-hydrogen) atoms. The van der Waals surface area contributed by atoms with Crippen molar-refractivity contribution in [3.8, 4) is 11.1 Å². The highest BCUT2D eigenvalue weighted by atomic mass is 32.2. The number of pyridine rings is 1. The number of aromatic nitrogens is 1. The molecule has 2 atom stereocenters. The fourth-order valence-corrected chi connectivity index (χ4v) is 4.87. The van der Waals surface area contributed by atoms with E-state index in [0.717, 1.165) is 41.9 Å². The second-order valence-electron chi connectivity index (χ2n) is 7.43. The van der Waals surface area contributed by atoms with Crippen LogP contribution in [0.4, 0.5) is 0 Å². The average Bonchev–Trinajstić information content (AvgIpc) is 2.63. The third-order valence-corrected chi connectivity index (χ3v) is 6.20. The van der Waals surface area contributed by atoms with Crippen LogP contribution in [0, 0.1) is 12.8 Å². The smallest absolute Gasteiger partial charge is 0.258 e. The van der Waals surface area contributed by atoms with Crippen LogP contribution in [0.3, 0.4) is 0 Å². The molecule has 0 aliphatic carbocycles. The third-order valence-electron chi connectivity index (χ3n) is 5.66. The molecule has 2 unspecified atom stereocenters. The Labute approximate surface area is 158 Å². The molecule has 0 N–H and O–H groups in total. The Morgan fingerprint density at radius 1 is 1.12 bits per heavy atom. The van der Waals surface area contributed by atoms with Gasteiger partial charge >= 0.3 is 0 Å². The zero-order chi connectivity index (χ0) is 18.3. The van der Waals surface area contributed by atoms with Crippen molar-refractivity contribution in [3.63, 3.8) is 0 Å². The zero-order valence-corrected chi connectivity index (χ0v) is 16.1. The van der Waals surface area contributed by atoms with Gasteiger partial charge in [-0.2, -0.15) is 11.8 Å². The van der Waals surface area contributed by atoms with E-state index in [1.165, 1.54) is 0 Å². The lowest BCUT2D eigenvalue weighted by Gasteiger charge is -2.43. The van der Waals surface area contributed by atoms with Gasteiger partial charge < -0.3 is 9.47 Å². The van der Waals surface area contributed by atoms with Gasteiger partial charge in [0, 0.05) is 36.8 Å². The topological polar surface area (TPSA) is 42.3 Å². The van der Waals surface area contributed by atoms with E-state index >= 15 is 0 Å². The lowest BCUT2D eigenvalue weighted by atomic mass is 9.82. The molecular weight excluding hydrogens is 344 g/mol. The summed E-state index contributed by atoms with van der Waals surface area (Å²) in [7, 11) is 0. The predicted molar refractivity (Wildman–Crippen MR) is 107 cm³/mol. The van der Waals surface area contributed by atoms with Crippen LogP contribution >= 0.6 is 11.8 Å². The summed E-state index contributed by atoms with van der Waals surface area (Å²) in [5.74, 6) is 1.40. The molecule has 1 amide bonds. The molecule has 4 rings (SSSR count). The van der Waals surface area contributed by atoms with E-state index in [2.05, 4.69) is 6.07 Å². The molecule has 2 aromatic rings. The van der Waals surface area contributed by atoms with E-state index in [1.807, 2.05) is 53.0 Å². The van der Waals surface area contributed by atoms with Gasteiger partial charge in [-0.15, -0.1) is 0 Å². The highest BCUT2D eigenvalue weighted by molar-refractivity contribution is 7.99. The monoisotopic (exact) mass is 368 g/mol. The molecule has 3 heterocycles. The fourth-order valence-electron chi connectivity index (χ4n) is 4.44. The minimum Gasteiger partial charge on any atom is -0.341 e. The van der Waals surface area contributed by atoms with Crippen molar-refractivity contribution in [2.45, 2.75) is 25.8 Å². The average molecular weight is 369 g/mol. The molecule has 2 bridgehead atoms. The maximum Gasteiger partial charge on any atom is 0.258 e. The first-order chi connectivity index (χ1) is 12.6. The van der Waals surface area contributed by atoms with Crippen LogP contribution in [0.15, 0.2) is 41.2 Å². The standard InChI is InChI=1S/C21H24N2O2S/c1-14-5-3-4-6-17(14)18-7-8-19-16-9-15(11-23(19)21(18)25)10-22(12-16)20(24)13-26-2/h3-8,15-16H,9-13H2,1-2H3. The summed E-state index contributed by atoms with van der Waals surface area (Å²) in [6.45, 7) is 4.27. The number of amides is 1. The van der Waals surface area contributed by atoms with Gasteiger partial charge in [0.1, 0.15) is 0 Å². The summed E-state index contributed by atoms with van der Waals surface area (Å²) in [6.07, 6.45) is 3.04. The van der Waals surface area contributed by atoms with Crippen molar-refractivity contribution in [1.82, 2.24) is 9.47 Å². The van der Waals surface area contributed by atoms with Crippen LogP contribution in [0.1, 0.15) is 23.6 Å². The Kier molecular flexibility index (Phi) is 4.65. The number of rotatable bonds is 3. The molecule has 0 saturated carbocycles. The molecule has 1 fully saturated rings. The van der Waals surface area contributed by atoms with Crippen LogP contribution in [0.2, 0.25) is 0 Å². The van der Waals surface area contributed by atoms with E-state index in [0.29, 0.717) is 18.2 Å². The molecule has 0 spiro atoms. The molecule has 1 saturated heterocycles. The minimum absolute atomic E-state index is 0.107. The Morgan fingerprint density at radius 3 is 2.69 bits per heavy atom. The van der Waals surface area contributed by atoms with Crippen LogP contribution in [-0.4, -0.2) is 40.5 Å². The maximum atomic E-state index is 13.2. The first-order valence-electron chi connectivity index (χ1n) is 9.15.